The zero-order chi connectivity index (χ0) is 14.8. The summed E-state index contributed by atoms with van der Waals surface area (Å²) in [5, 5.41) is 6.29. The van der Waals surface area contributed by atoms with Crippen LogP contribution in [0.1, 0.15) is 31.2 Å². The summed E-state index contributed by atoms with van der Waals surface area (Å²) in [6.07, 6.45) is 4.26. The zero-order valence-electron chi connectivity index (χ0n) is 11.6. The number of nitrogens with zero attached hydrogens (tertiary/aromatic N) is 2. The lowest BCUT2D eigenvalue weighted by atomic mass is 9.95. The predicted octanol–water partition coefficient (Wildman–Crippen LogP) is 3.66. The fraction of sp³-hybridized carbons (Fsp3) is 0.533. The van der Waals surface area contributed by atoms with Gasteiger partial charge in [-0.2, -0.15) is 0 Å². The maximum atomic E-state index is 13.8. The van der Waals surface area contributed by atoms with E-state index in [1.54, 1.807) is 0 Å². The molecule has 0 unspecified atom stereocenters. The first-order valence-electron chi connectivity index (χ1n) is 7.21. The Labute approximate surface area is 131 Å². The molecule has 1 heterocycles. The van der Waals surface area contributed by atoms with Crippen molar-refractivity contribution in [2.75, 3.05) is 13.2 Å². The van der Waals surface area contributed by atoms with E-state index in [4.69, 9.17) is 4.74 Å². The minimum atomic E-state index is -0.639. The number of halogens is 3. The molecule has 1 aliphatic heterocycles. The molecule has 0 atom stereocenters. The molecule has 1 aromatic rings. The molecule has 2 aliphatic rings. The van der Waals surface area contributed by atoms with Gasteiger partial charge in [-0.3, -0.25) is 5.01 Å². The molecule has 3 rings (SSSR count). The summed E-state index contributed by atoms with van der Waals surface area (Å²) in [6.45, 7) is 1.07. The van der Waals surface area contributed by atoms with Gasteiger partial charge in [-0.1, -0.05) is 22.0 Å². The van der Waals surface area contributed by atoms with Crippen LogP contribution in [0.4, 0.5) is 8.78 Å². The fourth-order valence-corrected chi connectivity index (χ4v) is 3.38. The molecule has 0 spiro atoms. The number of hydrazone groups is 1. The van der Waals surface area contributed by atoms with Crippen molar-refractivity contribution in [3.8, 4) is 0 Å². The average molecular weight is 359 g/mol. The van der Waals surface area contributed by atoms with Gasteiger partial charge in [0.2, 0.25) is 5.90 Å². The summed E-state index contributed by atoms with van der Waals surface area (Å²) in [7, 11) is 0. The van der Waals surface area contributed by atoms with Crippen LogP contribution < -0.4 is 0 Å². The van der Waals surface area contributed by atoms with Crippen molar-refractivity contribution in [3.05, 3.63) is 35.4 Å². The van der Waals surface area contributed by atoms with E-state index in [2.05, 4.69) is 21.0 Å². The first-order chi connectivity index (χ1) is 10.1. The SMILES string of the molecule is Fc1cccc(F)c1C1=NN(C2CCC(Br)CC2)CCO1. The first-order valence-corrected chi connectivity index (χ1v) is 8.13. The monoisotopic (exact) mass is 358 g/mol. The van der Waals surface area contributed by atoms with Crippen molar-refractivity contribution in [1.29, 1.82) is 0 Å². The van der Waals surface area contributed by atoms with Gasteiger partial charge in [0.15, 0.2) is 0 Å². The summed E-state index contributed by atoms with van der Waals surface area (Å²) < 4.78 is 33.0. The smallest absolute Gasteiger partial charge is 0.244 e. The van der Waals surface area contributed by atoms with E-state index >= 15 is 0 Å². The summed E-state index contributed by atoms with van der Waals surface area (Å²) in [5.41, 5.74) is -0.170. The van der Waals surface area contributed by atoms with Crippen molar-refractivity contribution in [2.24, 2.45) is 5.10 Å². The molecule has 0 N–H and O–H groups in total. The predicted molar refractivity (Wildman–Crippen MR) is 80.5 cm³/mol. The quantitative estimate of drug-likeness (QED) is 0.753. The third-order valence-corrected chi connectivity index (χ3v) is 4.92. The molecule has 0 radical (unpaired) electrons. The molecule has 0 amide bonds. The third-order valence-electron chi connectivity index (χ3n) is 4.00. The Morgan fingerprint density at radius 1 is 1.14 bits per heavy atom. The number of rotatable bonds is 2. The summed E-state index contributed by atoms with van der Waals surface area (Å²) in [5.74, 6) is -1.22. The molecule has 0 aromatic heterocycles. The number of hydrogen-bond acceptors (Lipinski definition) is 3. The van der Waals surface area contributed by atoms with E-state index < -0.39 is 11.6 Å². The van der Waals surface area contributed by atoms with Gasteiger partial charge in [0.05, 0.1) is 6.54 Å². The molecule has 6 heteroatoms. The second-order valence-electron chi connectivity index (χ2n) is 5.42. The molecular formula is C15H17BrF2N2O. The molecular weight excluding hydrogens is 342 g/mol. The Kier molecular flexibility index (Phi) is 4.42. The van der Waals surface area contributed by atoms with Gasteiger partial charge in [-0.15, -0.1) is 5.10 Å². The lowest BCUT2D eigenvalue weighted by molar-refractivity contribution is 0.104. The van der Waals surface area contributed by atoms with Crippen molar-refractivity contribution in [1.82, 2.24) is 5.01 Å². The van der Waals surface area contributed by atoms with Crippen LogP contribution in [-0.4, -0.2) is 34.9 Å². The minimum Gasteiger partial charge on any atom is -0.474 e. The van der Waals surface area contributed by atoms with E-state index in [-0.39, 0.29) is 11.5 Å². The third kappa shape index (κ3) is 3.20. The normalized spacial score (nSPS) is 26.2. The molecule has 1 saturated carbocycles. The van der Waals surface area contributed by atoms with Gasteiger partial charge in [-0.25, -0.2) is 8.78 Å². The molecule has 3 nitrogen and oxygen atoms in total. The number of ether oxygens (including phenoxy) is 1. The molecule has 21 heavy (non-hydrogen) atoms. The highest BCUT2D eigenvalue weighted by atomic mass is 79.9. The van der Waals surface area contributed by atoms with Crippen molar-refractivity contribution >= 4 is 21.8 Å². The summed E-state index contributed by atoms with van der Waals surface area (Å²) in [6, 6.07) is 4.11. The lowest BCUT2D eigenvalue weighted by Gasteiger charge is -2.36. The fourth-order valence-electron chi connectivity index (χ4n) is 2.85. The maximum absolute atomic E-state index is 13.8. The first kappa shape index (κ1) is 14.8. The van der Waals surface area contributed by atoms with Gasteiger partial charge in [0.25, 0.3) is 0 Å². The highest BCUT2D eigenvalue weighted by Crippen LogP contribution is 2.29. The van der Waals surface area contributed by atoms with Crippen LogP contribution in [0.2, 0.25) is 0 Å². The van der Waals surface area contributed by atoms with Gasteiger partial charge < -0.3 is 4.74 Å². The maximum Gasteiger partial charge on any atom is 0.244 e. The standard InChI is InChI=1S/C15H17BrF2N2O/c16-10-4-6-11(7-5-10)20-8-9-21-15(19-20)14-12(17)2-1-3-13(14)18/h1-3,10-11H,4-9H2. The van der Waals surface area contributed by atoms with Gasteiger partial charge in [-0.05, 0) is 37.8 Å². The minimum absolute atomic E-state index is 0.0535. The average Bonchev–Trinajstić information content (AvgIpc) is 2.48. The highest BCUT2D eigenvalue weighted by Gasteiger charge is 2.28. The van der Waals surface area contributed by atoms with Crippen LogP contribution in [-0.2, 0) is 4.74 Å². The van der Waals surface area contributed by atoms with Crippen molar-refractivity contribution in [2.45, 2.75) is 36.6 Å². The van der Waals surface area contributed by atoms with E-state index in [0.717, 1.165) is 25.7 Å². The number of hydrogen-bond donors (Lipinski definition) is 0. The second-order valence-corrected chi connectivity index (χ2v) is 6.71. The molecule has 1 aromatic carbocycles. The Bertz CT molecular complexity index is 524. The van der Waals surface area contributed by atoms with Gasteiger partial charge >= 0.3 is 0 Å². The number of alkyl halides is 1. The van der Waals surface area contributed by atoms with E-state index in [1.807, 2.05) is 5.01 Å². The van der Waals surface area contributed by atoms with Gasteiger partial charge in [0.1, 0.15) is 23.8 Å². The van der Waals surface area contributed by atoms with Crippen LogP contribution >= 0.6 is 15.9 Å². The van der Waals surface area contributed by atoms with E-state index in [9.17, 15) is 8.78 Å². The summed E-state index contributed by atoms with van der Waals surface area (Å²) >= 11 is 3.63. The van der Waals surface area contributed by atoms with Crippen LogP contribution in [0.15, 0.2) is 23.3 Å². The van der Waals surface area contributed by atoms with Crippen LogP contribution in [0, 0.1) is 11.6 Å². The molecule has 0 bridgehead atoms. The highest BCUT2D eigenvalue weighted by molar-refractivity contribution is 9.09. The Morgan fingerprint density at radius 3 is 2.48 bits per heavy atom. The van der Waals surface area contributed by atoms with E-state index in [1.165, 1.54) is 18.2 Å². The Morgan fingerprint density at radius 2 is 1.81 bits per heavy atom. The Balaban J connectivity index is 1.83. The molecule has 114 valence electrons. The molecule has 0 saturated heterocycles. The van der Waals surface area contributed by atoms with Crippen LogP contribution in [0.25, 0.3) is 0 Å². The van der Waals surface area contributed by atoms with Crippen molar-refractivity contribution < 1.29 is 13.5 Å². The van der Waals surface area contributed by atoms with Crippen molar-refractivity contribution in [3.63, 3.8) is 0 Å². The van der Waals surface area contributed by atoms with Gasteiger partial charge in [0, 0.05) is 10.9 Å². The number of benzene rings is 1. The molecule has 1 fully saturated rings. The Hall–Kier alpha value is -1.17. The largest absolute Gasteiger partial charge is 0.474 e. The zero-order valence-corrected chi connectivity index (χ0v) is 13.2. The molecule has 1 aliphatic carbocycles. The topological polar surface area (TPSA) is 24.8 Å². The summed E-state index contributed by atoms with van der Waals surface area (Å²) in [4.78, 5) is 0.572. The van der Waals surface area contributed by atoms with Crippen LogP contribution in [0.3, 0.4) is 0 Å². The lowest BCUT2D eigenvalue weighted by Crippen LogP contribution is -2.41. The van der Waals surface area contributed by atoms with Crippen LogP contribution in [0.5, 0.6) is 0 Å². The second kappa shape index (κ2) is 6.30. The van der Waals surface area contributed by atoms with E-state index in [0.29, 0.717) is 24.0 Å².